The van der Waals surface area contributed by atoms with Gasteiger partial charge in [0.15, 0.2) is 11.5 Å². The average molecular weight is 420 g/mol. The van der Waals surface area contributed by atoms with Crippen LogP contribution in [-0.4, -0.2) is 32.2 Å². The molecular formula is C22H20N4O3S. The van der Waals surface area contributed by atoms with Crippen LogP contribution in [0.5, 0.6) is 5.88 Å². The maximum Gasteiger partial charge on any atom is 0.262 e. The Hall–Kier alpha value is -3.26. The van der Waals surface area contributed by atoms with E-state index in [4.69, 9.17) is 0 Å². The summed E-state index contributed by atoms with van der Waals surface area (Å²) >= 11 is 1.12. The molecule has 2 N–H and O–H groups in total. The minimum atomic E-state index is -0.620. The number of aliphatic imine (C=N–C) groups is 1. The van der Waals surface area contributed by atoms with E-state index < -0.39 is 11.2 Å². The first-order chi connectivity index (χ1) is 14.3. The highest BCUT2D eigenvalue weighted by molar-refractivity contribution is 8.15. The van der Waals surface area contributed by atoms with Gasteiger partial charge in [-0.2, -0.15) is 4.99 Å². The van der Waals surface area contributed by atoms with Gasteiger partial charge in [-0.1, -0.05) is 41.1 Å². The SMILES string of the molecule is Cc1ccc(C)c(C(=O)CC2SC(N=Nc3c(O)[nH]c4ccc(C)cc34)=NC2=O)c1. The number of fused-ring (bicyclic) bond motifs is 1. The summed E-state index contributed by atoms with van der Waals surface area (Å²) in [6.07, 6.45) is 0.0494. The number of benzene rings is 2. The van der Waals surface area contributed by atoms with E-state index in [1.807, 2.05) is 57.2 Å². The van der Waals surface area contributed by atoms with Gasteiger partial charge in [-0.3, -0.25) is 9.59 Å². The quantitative estimate of drug-likeness (QED) is 0.449. The maximum atomic E-state index is 12.7. The molecule has 0 aliphatic carbocycles. The summed E-state index contributed by atoms with van der Waals surface area (Å²) < 4.78 is 0. The molecule has 1 amide bonds. The highest BCUT2D eigenvalue weighted by Crippen LogP contribution is 2.37. The summed E-state index contributed by atoms with van der Waals surface area (Å²) in [7, 11) is 0. The molecule has 0 radical (unpaired) electrons. The second-order valence-electron chi connectivity index (χ2n) is 7.36. The smallest absolute Gasteiger partial charge is 0.262 e. The normalized spacial score (nSPS) is 16.6. The summed E-state index contributed by atoms with van der Waals surface area (Å²) in [5.74, 6) is -0.595. The van der Waals surface area contributed by atoms with Crippen LogP contribution in [0, 0.1) is 20.8 Å². The van der Waals surface area contributed by atoms with Gasteiger partial charge >= 0.3 is 0 Å². The standard InChI is InChI=1S/C22H20N4O3S/c1-11-4-6-13(3)14(8-11)17(27)10-18-20(28)24-22(30-18)26-25-19-15-9-12(2)5-7-16(15)23-21(19)29/h4-9,18,23,29H,10H2,1-3H3. The number of hydrogen-bond acceptors (Lipinski definition) is 6. The van der Waals surface area contributed by atoms with Crippen molar-refractivity contribution in [2.24, 2.45) is 15.2 Å². The highest BCUT2D eigenvalue weighted by Gasteiger charge is 2.31. The van der Waals surface area contributed by atoms with Crippen LogP contribution in [0.3, 0.4) is 0 Å². The minimum Gasteiger partial charge on any atom is -0.493 e. The van der Waals surface area contributed by atoms with Crippen molar-refractivity contribution in [2.75, 3.05) is 0 Å². The number of carbonyl (C=O) groups excluding carboxylic acids is 2. The Morgan fingerprint density at radius 1 is 1.13 bits per heavy atom. The number of hydrogen-bond donors (Lipinski definition) is 2. The zero-order valence-electron chi connectivity index (χ0n) is 16.8. The molecule has 0 saturated carbocycles. The summed E-state index contributed by atoms with van der Waals surface area (Å²) in [5, 5.41) is 18.6. The van der Waals surface area contributed by atoms with E-state index in [0.29, 0.717) is 11.3 Å². The molecule has 2 aromatic carbocycles. The number of nitrogens with zero attached hydrogens (tertiary/aromatic N) is 3. The van der Waals surface area contributed by atoms with Crippen molar-refractivity contribution in [2.45, 2.75) is 32.4 Å². The number of aryl methyl sites for hydroxylation is 3. The summed E-state index contributed by atoms with van der Waals surface area (Å²) in [5.41, 5.74) is 4.55. The van der Waals surface area contributed by atoms with Crippen LogP contribution in [0.25, 0.3) is 10.9 Å². The lowest BCUT2D eigenvalue weighted by molar-refractivity contribution is -0.117. The maximum absolute atomic E-state index is 12.7. The molecular weight excluding hydrogens is 400 g/mol. The number of amidine groups is 1. The molecule has 7 nitrogen and oxygen atoms in total. The van der Waals surface area contributed by atoms with E-state index in [1.165, 1.54) is 0 Å². The van der Waals surface area contributed by atoms with Gasteiger partial charge in [-0.25, -0.2) is 0 Å². The molecule has 30 heavy (non-hydrogen) atoms. The Kier molecular flexibility index (Phi) is 5.26. The molecule has 0 saturated heterocycles. The molecule has 4 rings (SSSR count). The third-order valence-corrected chi connectivity index (χ3v) is 5.97. The van der Waals surface area contributed by atoms with Gasteiger partial charge in [-0.15, -0.1) is 10.2 Å². The third-order valence-electron chi connectivity index (χ3n) is 4.94. The highest BCUT2D eigenvalue weighted by atomic mass is 32.2. The van der Waals surface area contributed by atoms with Gasteiger partial charge < -0.3 is 10.1 Å². The second kappa shape index (κ2) is 7.87. The van der Waals surface area contributed by atoms with Crippen LogP contribution in [0.1, 0.15) is 33.5 Å². The number of nitrogens with one attached hydrogen (secondary N) is 1. The lowest BCUT2D eigenvalue weighted by atomic mass is 9.99. The van der Waals surface area contributed by atoms with Crippen molar-refractivity contribution in [1.82, 2.24) is 4.98 Å². The molecule has 1 aliphatic heterocycles. The van der Waals surface area contributed by atoms with Crippen LogP contribution in [0.4, 0.5) is 5.69 Å². The molecule has 0 bridgehead atoms. The number of thioether (sulfide) groups is 1. The van der Waals surface area contributed by atoms with Gasteiger partial charge in [0.05, 0.1) is 5.52 Å². The van der Waals surface area contributed by atoms with E-state index in [-0.39, 0.29) is 23.3 Å². The molecule has 1 unspecified atom stereocenters. The van der Waals surface area contributed by atoms with Crippen molar-refractivity contribution in [3.8, 4) is 5.88 Å². The predicted molar refractivity (Wildman–Crippen MR) is 118 cm³/mol. The number of azo groups is 1. The van der Waals surface area contributed by atoms with Crippen LogP contribution >= 0.6 is 11.8 Å². The largest absolute Gasteiger partial charge is 0.493 e. The molecule has 1 atom stereocenters. The Labute approximate surface area is 177 Å². The number of carbonyl (C=O) groups is 2. The summed E-state index contributed by atoms with van der Waals surface area (Å²) in [4.78, 5) is 31.7. The number of Topliss-reactive ketones (excluding diaryl/α,β-unsaturated/α-hetero) is 1. The fraction of sp³-hybridized carbons (Fsp3) is 0.227. The Balaban J connectivity index is 1.49. The molecule has 8 heteroatoms. The fourth-order valence-electron chi connectivity index (χ4n) is 3.33. The first kappa shape index (κ1) is 20.0. The zero-order chi connectivity index (χ0) is 21.4. The molecule has 3 aromatic rings. The lowest BCUT2D eigenvalue weighted by Crippen LogP contribution is -2.17. The van der Waals surface area contributed by atoms with Crippen LogP contribution < -0.4 is 0 Å². The topological polar surface area (TPSA) is 107 Å². The van der Waals surface area contributed by atoms with Crippen LogP contribution in [-0.2, 0) is 4.79 Å². The molecule has 0 spiro atoms. The van der Waals surface area contributed by atoms with Crippen molar-refractivity contribution < 1.29 is 14.7 Å². The minimum absolute atomic E-state index is 0.0494. The van der Waals surface area contributed by atoms with Gasteiger partial charge in [0.2, 0.25) is 11.0 Å². The Morgan fingerprint density at radius 3 is 2.67 bits per heavy atom. The number of rotatable bonds is 4. The van der Waals surface area contributed by atoms with Gasteiger partial charge in [0.1, 0.15) is 5.25 Å². The van der Waals surface area contributed by atoms with Crippen molar-refractivity contribution >= 4 is 45.2 Å². The Bertz CT molecular complexity index is 1240. The number of aromatic amines is 1. The summed E-state index contributed by atoms with van der Waals surface area (Å²) in [6.45, 7) is 5.74. The molecule has 1 aromatic heterocycles. The number of aromatic hydroxyl groups is 1. The number of H-pyrrole nitrogens is 1. The number of ketones is 1. The Morgan fingerprint density at radius 2 is 1.87 bits per heavy atom. The van der Waals surface area contributed by atoms with Crippen LogP contribution in [0.2, 0.25) is 0 Å². The molecule has 2 heterocycles. The first-order valence-electron chi connectivity index (χ1n) is 9.44. The molecule has 152 valence electrons. The van der Waals surface area contributed by atoms with E-state index in [1.54, 1.807) is 0 Å². The third kappa shape index (κ3) is 3.91. The van der Waals surface area contributed by atoms with Crippen molar-refractivity contribution in [3.05, 3.63) is 58.7 Å². The second-order valence-corrected chi connectivity index (χ2v) is 8.53. The fourth-order valence-corrected chi connectivity index (χ4v) is 4.20. The predicted octanol–water partition coefficient (Wildman–Crippen LogP) is 5.15. The van der Waals surface area contributed by atoms with Crippen molar-refractivity contribution in [1.29, 1.82) is 0 Å². The van der Waals surface area contributed by atoms with E-state index in [9.17, 15) is 14.7 Å². The van der Waals surface area contributed by atoms with E-state index >= 15 is 0 Å². The van der Waals surface area contributed by atoms with Crippen molar-refractivity contribution in [3.63, 3.8) is 0 Å². The van der Waals surface area contributed by atoms with Crippen LogP contribution in [0.15, 0.2) is 51.6 Å². The van der Waals surface area contributed by atoms with E-state index in [0.717, 1.165) is 39.4 Å². The monoisotopic (exact) mass is 420 g/mol. The van der Waals surface area contributed by atoms with E-state index in [2.05, 4.69) is 20.2 Å². The van der Waals surface area contributed by atoms with Gasteiger partial charge in [-0.05, 0) is 44.5 Å². The van der Waals surface area contributed by atoms with Gasteiger partial charge in [0.25, 0.3) is 5.91 Å². The number of amides is 1. The summed E-state index contributed by atoms with van der Waals surface area (Å²) in [6, 6.07) is 11.4. The zero-order valence-corrected chi connectivity index (χ0v) is 17.6. The molecule has 0 fully saturated rings. The first-order valence-corrected chi connectivity index (χ1v) is 10.3. The lowest BCUT2D eigenvalue weighted by Gasteiger charge is -2.08. The van der Waals surface area contributed by atoms with Gasteiger partial charge in [0, 0.05) is 17.4 Å². The molecule has 1 aliphatic rings. The number of aromatic nitrogens is 1. The average Bonchev–Trinajstić information content (AvgIpc) is 3.20.